The molecule has 112 valence electrons. The number of nitrogens with zero attached hydrogens (tertiary/aromatic N) is 2. The van der Waals surface area contributed by atoms with Crippen molar-refractivity contribution in [2.45, 2.75) is 20.3 Å². The summed E-state index contributed by atoms with van der Waals surface area (Å²) in [5.74, 6) is 0.585. The lowest BCUT2D eigenvalue weighted by Crippen LogP contribution is -1.90. The lowest BCUT2D eigenvalue weighted by atomic mass is 10.1. The number of rotatable bonds is 4. The van der Waals surface area contributed by atoms with Gasteiger partial charge in [0.2, 0.25) is 5.89 Å². The van der Waals surface area contributed by atoms with Gasteiger partial charge >= 0.3 is 6.01 Å². The van der Waals surface area contributed by atoms with Crippen LogP contribution in [-0.4, -0.2) is 10.2 Å². The maximum atomic E-state index is 5.86. The van der Waals surface area contributed by atoms with Crippen LogP contribution in [-0.2, 0) is 6.42 Å². The van der Waals surface area contributed by atoms with Crippen LogP contribution in [0.1, 0.15) is 22.6 Å². The van der Waals surface area contributed by atoms with Gasteiger partial charge in [-0.25, -0.2) is 0 Å². The zero-order valence-electron chi connectivity index (χ0n) is 12.4. The first kappa shape index (κ1) is 14.6. The summed E-state index contributed by atoms with van der Waals surface area (Å²) in [5.41, 5.74) is 4.48. The lowest BCUT2D eigenvalue weighted by molar-refractivity contribution is 0.521. The molecule has 1 heterocycles. The highest BCUT2D eigenvalue weighted by atomic mass is 35.5. The van der Waals surface area contributed by atoms with Crippen molar-refractivity contribution >= 4 is 23.3 Å². The third-order valence-electron chi connectivity index (χ3n) is 3.20. The van der Waals surface area contributed by atoms with Crippen LogP contribution < -0.4 is 5.32 Å². The van der Waals surface area contributed by atoms with E-state index < -0.39 is 0 Å². The fraction of sp³-hybridized carbons (Fsp3) is 0.176. The number of nitrogens with one attached hydrogen (secondary N) is 1. The quantitative estimate of drug-likeness (QED) is 0.760. The van der Waals surface area contributed by atoms with Crippen molar-refractivity contribution in [1.82, 2.24) is 10.2 Å². The number of hydrogen-bond donors (Lipinski definition) is 1. The fourth-order valence-corrected chi connectivity index (χ4v) is 2.50. The topological polar surface area (TPSA) is 51.0 Å². The Bertz CT molecular complexity index is 761. The standard InChI is InChI=1S/C17H16ClN3O/c1-11-7-12(2)9-13(8-11)10-16-20-21-17(22-16)19-15-5-3-14(18)4-6-15/h3-9H,10H2,1-2H3,(H,19,21). The predicted molar refractivity (Wildman–Crippen MR) is 87.8 cm³/mol. The van der Waals surface area contributed by atoms with Crippen LogP contribution in [0.15, 0.2) is 46.9 Å². The molecule has 0 amide bonds. The zero-order chi connectivity index (χ0) is 15.5. The molecule has 0 radical (unpaired) electrons. The number of aromatic nitrogens is 2. The van der Waals surface area contributed by atoms with Crippen molar-refractivity contribution < 1.29 is 4.42 Å². The summed E-state index contributed by atoms with van der Waals surface area (Å²) in [6.07, 6.45) is 0.623. The van der Waals surface area contributed by atoms with Gasteiger partial charge in [0.25, 0.3) is 0 Å². The Morgan fingerprint density at radius 1 is 1.00 bits per heavy atom. The average Bonchev–Trinajstić information content (AvgIpc) is 2.87. The minimum absolute atomic E-state index is 0.377. The maximum Gasteiger partial charge on any atom is 0.320 e. The second-order valence-corrected chi connectivity index (χ2v) is 5.74. The van der Waals surface area contributed by atoms with E-state index in [1.165, 1.54) is 16.7 Å². The molecule has 3 rings (SSSR count). The van der Waals surface area contributed by atoms with E-state index in [9.17, 15) is 0 Å². The molecule has 0 fully saturated rings. The molecule has 0 aliphatic carbocycles. The molecule has 3 aromatic rings. The van der Waals surface area contributed by atoms with Gasteiger partial charge in [-0.2, -0.15) is 0 Å². The maximum absolute atomic E-state index is 5.86. The highest BCUT2D eigenvalue weighted by Crippen LogP contribution is 2.19. The van der Waals surface area contributed by atoms with Crippen molar-refractivity contribution in [3.8, 4) is 0 Å². The summed E-state index contributed by atoms with van der Waals surface area (Å²) in [6, 6.07) is 14.1. The number of benzene rings is 2. The highest BCUT2D eigenvalue weighted by molar-refractivity contribution is 6.30. The molecule has 0 saturated carbocycles. The molecule has 5 heteroatoms. The molecule has 0 bridgehead atoms. The predicted octanol–water partition coefficient (Wildman–Crippen LogP) is 4.67. The monoisotopic (exact) mass is 313 g/mol. The first-order valence-electron chi connectivity index (χ1n) is 7.00. The van der Waals surface area contributed by atoms with E-state index >= 15 is 0 Å². The van der Waals surface area contributed by atoms with Crippen LogP contribution in [0.5, 0.6) is 0 Å². The average molecular weight is 314 g/mol. The van der Waals surface area contributed by atoms with Gasteiger partial charge in [0, 0.05) is 10.7 Å². The molecule has 2 aromatic carbocycles. The van der Waals surface area contributed by atoms with Crippen molar-refractivity contribution in [3.05, 3.63) is 70.1 Å². The van der Waals surface area contributed by atoms with Crippen molar-refractivity contribution in [2.24, 2.45) is 0 Å². The van der Waals surface area contributed by atoms with Gasteiger partial charge in [0.1, 0.15) is 0 Å². The molecular formula is C17H16ClN3O. The largest absolute Gasteiger partial charge is 0.408 e. The van der Waals surface area contributed by atoms with E-state index in [4.69, 9.17) is 16.0 Å². The second-order valence-electron chi connectivity index (χ2n) is 5.31. The SMILES string of the molecule is Cc1cc(C)cc(Cc2nnc(Nc3ccc(Cl)cc3)o2)c1. The third-order valence-corrected chi connectivity index (χ3v) is 3.45. The molecule has 0 unspecified atom stereocenters. The van der Waals surface area contributed by atoms with Gasteiger partial charge in [-0.05, 0) is 43.7 Å². The minimum atomic E-state index is 0.377. The van der Waals surface area contributed by atoms with Crippen LogP contribution >= 0.6 is 11.6 Å². The molecule has 0 aliphatic heterocycles. The van der Waals surface area contributed by atoms with Crippen LogP contribution in [0.4, 0.5) is 11.7 Å². The van der Waals surface area contributed by atoms with Crippen LogP contribution in [0.25, 0.3) is 0 Å². The van der Waals surface area contributed by atoms with Crippen molar-refractivity contribution in [2.75, 3.05) is 5.32 Å². The van der Waals surface area contributed by atoms with E-state index in [1.807, 2.05) is 12.1 Å². The Kier molecular flexibility index (Phi) is 4.11. The summed E-state index contributed by atoms with van der Waals surface area (Å²) < 4.78 is 5.64. The second kappa shape index (κ2) is 6.20. The summed E-state index contributed by atoms with van der Waals surface area (Å²) in [6.45, 7) is 4.16. The smallest absolute Gasteiger partial charge is 0.320 e. The highest BCUT2D eigenvalue weighted by Gasteiger charge is 2.08. The number of hydrogen-bond acceptors (Lipinski definition) is 4. The van der Waals surface area contributed by atoms with Crippen LogP contribution in [0, 0.1) is 13.8 Å². The summed E-state index contributed by atoms with van der Waals surface area (Å²) >= 11 is 5.86. The van der Waals surface area contributed by atoms with Crippen LogP contribution in [0.2, 0.25) is 5.02 Å². The Hall–Kier alpha value is -2.33. The lowest BCUT2D eigenvalue weighted by Gasteiger charge is -2.02. The van der Waals surface area contributed by atoms with Gasteiger partial charge in [0.15, 0.2) is 0 Å². The van der Waals surface area contributed by atoms with Crippen molar-refractivity contribution in [1.29, 1.82) is 0 Å². The van der Waals surface area contributed by atoms with Gasteiger partial charge in [0.05, 0.1) is 6.42 Å². The van der Waals surface area contributed by atoms with E-state index in [-0.39, 0.29) is 0 Å². The molecule has 4 nitrogen and oxygen atoms in total. The van der Waals surface area contributed by atoms with E-state index in [2.05, 4.69) is 47.6 Å². The van der Waals surface area contributed by atoms with E-state index in [1.54, 1.807) is 12.1 Å². The van der Waals surface area contributed by atoms with Gasteiger partial charge < -0.3 is 9.73 Å². The minimum Gasteiger partial charge on any atom is -0.408 e. The number of aryl methyl sites for hydroxylation is 2. The normalized spacial score (nSPS) is 10.7. The molecule has 1 aromatic heterocycles. The molecule has 0 saturated heterocycles. The molecule has 1 N–H and O–H groups in total. The van der Waals surface area contributed by atoms with E-state index in [0.29, 0.717) is 23.3 Å². The Labute approximate surface area is 134 Å². The summed E-state index contributed by atoms with van der Waals surface area (Å²) in [4.78, 5) is 0. The zero-order valence-corrected chi connectivity index (χ0v) is 13.2. The first-order valence-corrected chi connectivity index (χ1v) is 7.38. The molecular weight excluding hydrogens is 298 g/mol. The van der Waals surface area contributed by atoms with E-state index in [0.717, 1.165) is 5.69 Å². The van der Waals surface area contributed by atoms with Crippen LogP contribution in [0.3, 0.4) is 0 Å². The van der Waals surface area contributed by atoms with Gasteiger partial charge in [-0.1, -0.05) is 46.0 Å². The number of halogens is 1. The summed E-state index contributed by atoms with van der Waals surface area (Å²) in [5, 5.41) is 11.8. The molecule has 0 aliphatic rings. The third kappa shape index (κ3) is 3.65. The first-order chi connectivity index (χ1) is 10.6. The summed E-state index contributed by atoms with van der Waals surface area (Å²) in [7, 11) is 0. The Morgan fingerprint density at radius 3 is 2.36 bits per heavy atom. The Morgan fingerprint density at radius 2 is 1.68 bits per heavy atom. The molecule has 0 atom stereocenters. The van der Waals surface area contributed by atoms with Gasteiger partial charge in [-0.15, -0.1) is 5.10 Å². The molecule has 0 spiro atoms. The molecule has 22 heavy (non-hydrogen) atoms. The number of anilines is 2. The Balaban J connectivity index is 1.72. The van der Waals surface area contributed by atoms with Gasteiger partial charge in [-0.3, -0.25) is 0 Å². The van der Waals surface area contributed by atoms with Crippen molar-refractivity contribution in [3.63, 3.8) is 0 Å². The fourth-order valence-electron chi connectivity index (χ4n) is 2.38.